The quantitative estimate of drug-likeness (QED) is 0.277. The zero-order valence-electron chi connectivity index (χ0n) is 19.6. The normalized spacial score (nSPS) is 17.1. The van der Waals surface area contributed by atoms with Crippen LogP contribution in [0.5, 0.6) is 11.5 Å². The minimum Gasteiger partial charge on any atom is -0.507 e. The highest BCUT2D eigenvalue weighted by molar-refractivity contribution is 6.52. The molecule has 3 aromatic carbocycles. The van der Waals surface area contributed by atoms with Crippen molar-refractivity contribution in [3.05, 3.63) is 93.3 Å². The van der Waals surface area contributed by atoms with Crippen LogP contribution in [-0.2, 0) is 9.59 Å². The molecule has 0 aromatic heterocycles. The van der Waals surface area contributed by atoms with Gasteiger partial charge in [-0.2, -0.15) is 0 Å². The smallest absolute Gasteiger partial charge is 0.300 e. The summed E-state index contributed by atoms with van der Waals surface area (Å²) < 4.78 is 24.7. The molecule has 1 fully saturated rings. The Morgan fingerprint density at radius 1 is 0.971 bits per heavy atom. The van der Waals surface area contributed by atoms with E-state index in [9.17, 15) is 19.1 Å². The van der Waals surface area contributed by atoms with E-state index in [0.717, 1.165) is 11.6 Å². The summed E-state index contributed by atoms with van der Waals surface area (Å²) in [6.07, 6.45) is 0. The van der Waals surface area contributed by atoms with E-state index < -0.39 is 23.5 Å². The number of methoxy groups -OCH3 is 2. The highest BCUT2D eigenvalue weighted by atomic mass is 35.5. The fraction of sp³-hybridized carbons (Fsp3) is 0.185. The molecular weight excluding hydrogens is 473 g/mol. The van der Waals surface area contributed by atoms with Gasteiger partial charge in [-0.05, 0) is 61.4 Å². The first-order valence-corrected chi connectivity index (χ1v) is 11.1. The highest BCUT2D eigenvalue weighted by Crippen LogP contribution is 2.45. The molecule has 4 rings (SSSR count). The number of aryl methyl sites for hydroxylation is 2. The predicted octanol–water partition coefficient (Wildman–Crippen LogP) is 5.74. The number of carbonyl (C=O) groups excluding carboxylic acids is 2. The van der Waals surface area contributed by atoms with Crippen LogP contribution in [0.15, 0.2) is 60.2 Å². The minimum absolute atomic E-state index is 0.118. The fourth-order valence-electron chi connectivity index (χ4n) is 4.33. The van der Waals surface area contributed by atoms with Crippen molar-refractivity contribution in [2.24, 2.45) is 0 Å². The van der Waals surface area contributed by atoms with Gasteiger partial charge in [0.25, 0.3) is 11.7 Å². The van der Waals surface area contributed by atoms with Gasteiger partial charge in [0.1, 0.15) is 23.1 Å². The molecule has 1 atom stereocenters. The molecule has 1 aliphatic heterocycles. The molecule has 6 nitrogen and oxygen atoms in total. The molecule has 0 radical (unpaired) electrons. The summed E-state index contributed by atoms with van der Waals surface area (Å²) >= 11 is 5.99. The lowest BCUT2D eigenvalue weighted by atomic mass is 9.92. The van der Waals surface area contributed by atoms with E-state index in [1.165, 1.54) is 24.1 Å². The molecule has 1 aliphatic rings. The standard InChI is InChI=1S/C27H23ClFNO5/c1-14-12-22(35-4)15(2)11-18(14)25(31)23-24(17-7-5-6-8-21(17)34-3)30(27(33)26(23)32)16-9-10-20(29)19(28)13-16/h5-13,24,31H,1-4H3/b25-23+. The number of hydrogen-bond acceptors (Lipinski definition) is 5. The van der Waals surface area contributed by atoms with Crippen molar-refractivity contribution in [2.75, 3.05) is 19.1 Å². The molecule has 0 aliphatic carbocycles. The number of hydrogen-bond donors (Lipinski definition) is 1. The maximum atomic E-state index is 13.9. The van der Waals surface area contributed by atoms with Gasteiger partial charge in [-0.1, -0.05) is 29.8 Å². The number of aliphatic hydroxyl groups is 1. The second-order valence-electron chi connectivity index (χ2n) is 8.15. The Kier molecular flexibility index (Phi) is 6.54. The van der Waals surface area contributed by atoms with E-state index in [4.69, 9.17) is 21.1 Å². The number of ether oxygens (including phenoxy) is 2. The molecule has 3 aromatic rings. The van der Waals surface area contributed by atoms with Crippen LogP contribution >= 0.6 is 11.6 Å². The van der Waals surface area contributed by atoms with Crippen LogP contribution in [-0.4, -0.2) is 31.0 Å². The summed E-state index contributed by atoms with van der Waals surface area (Å²) in [6.45, 7) is 3.58. The number of ketones is 1. The van der Waals surface area contributed by atoms with E-state index in [-0.39, 0.29) is 22.0 Å². The summed E-state index contributed by atoms with van der Waals surface area (Å²) in [5.41, 5.74) is 2.34. The predicted molar refractivity (Wildman–Crippen MR) is 132 cm³/mol. The Bertz CT molecular complexity index is 1380. The van der Waals surface area contributed by atoms with Gasteiger partial charge >= 0.3 is 0 Å². The van der Waals surface area contributed by atoms with Gasteiger partial charge in [0.2, 0.25) is 0 Å². The van der Waals surface area contributed by atoms with Crippen LogP contribution in [0.3, 0.4) is 0 Å². The van der Waals surface area contributed by atoms with Crippen LogP contribution in [0.2, 0.25) is 5.02 Å². The third-order valence-electron chi connectivity index (χ3n) is 6.06. The molecule has 0 saturated carbocycles. The van der Waals surface area contributed by atoms with E-state index in [2.05, 4.69) is 0 Å². The number of nitrogens with zero attached hydrogens (tertiary/aromatic N) is 1. The zero-order chi connectivity index (χ0) is 25.4. The van der Waals surface area contributed by atoms with Crippen molar-refractivity contribution in [2.45, 2.75) is 19.9 Å². The van der Waals surface area contributed by atoms with Gasteiger partial charge in [-0.25, -0.2) is 4.39 Å². The van der Waals surface area contributed by atoms with Crippen molar-refractivity contribution in [1.29, 1.82) is 0 Å². The van der Waals surface area contributed by atoms with Crippen molar-refractivity contribution in [3.63, 3.8) is 0 Å². The van der Waals surface area contributed by atoms with Crippen LogP contribution in [0, 0.1) is 19.7 Å². The van der Waals surface area contributed by atoms with E-state index in [1.54, 1.807) is 50.4 Å². The number of halogens is 2. The number of benzene rings is 3. The zero-order valence-corrected chi connectivity index (χ0v) is 20.3. The second kappa shape index (κ2) is 9.43. The number of carbonyl (C=O) groups is 2. The first kappa shape index (κ1) is 24.3. The Labute approximate surface area is 207 Å². The van der Waals surface area contributed by atoms with Gasteiger partial charge in [-0.15, -0.1) is 0 Å². The molecule has 1 saturated heterocycles. The Morgan fingerprint density at radius 2 is 1.66 bits per heavy atom. The number of Topliss-reactive ketones (excluding diaryl/α,β-unsaturated/α-hetero) is 1. The number of amides is 1. The van der Waals surface area contributed by atoms with Crippen LogP contribution < -0.4 is 14.4 Å². The van der Waals surface area contributed by atoms with Crippen molar-refractivity contribution >= 4 is 34.7 Å². The van der Waals surface area contributed by atoms with Crippen LogP contribution in [0.4, 0.5) is 10.1 Å². The lowest BCUT2D eigenvalue weighted by molar-refractivity contribution is -0.132. The molecular formula is C27H23ClFNO5. The fourth-order valence-corrected chi connectivity index (χ4v) is 4.50. The van der Waals surface area contributed by atoms with E-state index in [0.29, 0.717) is 28.2 Å². The molecule has 0 bridgehead atoms. The van der Waals surface area contributed by atoms with Crippen LogP contribution in [0.1, 0.15) is 28.3 Å². The van der Waals surface area contributed by atoms with Gasteiger partial charge in [0.05, 0.1) is 30.9 Å². The van der Waals surface area contributed by atoms with Crippen molar-refractivity contribution in [1.82, 2.24) is 0 Å². The maximum Gasteiger partial charge on any atom is 0.300 e. The third kappa shape index (κ3) is 4.12. The molecule has 1 unspecified atom stereocenters. The molecule has 35 heavy (non-hydrogen) atoms. The number of anilines is 1. The van der Waals surface area contributed by atoms with Crippen LogP contribution in [0.25, 0.3) is 5.76 Å². The average Bonchev–Trinajstić information content (AvgIpc) is 3.11. The first-order chi connectivity index (χ1) is 16.7. The molecule has 8 heteroatoms. The minimum atomic E-state index is -1.05. The lowest BCUT2D eigenvalue weighted by Crippen LogP contribution is -2.29. The van der Waals surface area contributed by atoms with Gasteiger partial charge < -0.3 is 14.6 Å². The van der Waals surface area contributed by atoms with Gasteiger partial charge in [-0.3, -0.25) is 14.5 Å². The monoisotopic (exact) mass is 495 g/mol. The number of para-hydroxylation sites is 1. The molecule has 180 valence electrons. The lowest BCUT2D eigenvalue weighted by Gasteiger charge is -2.27. The number of aliphatic hydroxyl groups excluding tert-OH is 1. The molecule has 1 amide bonds. The summed E-state index contributed by atoms with van der Waals surface area (Å²) in [6, 6.07) is 13.0. The van der Waals surface area contributed by atoms with E-state index >= 15 is 0 Å². The maximum absolute atomic E-state index is 13.9. The summed E-state index contributed by atoms with van der Waals surface area (Å²) in [5, 5.41) is 11.2. The molecule has 0 spiro atoms. The first-order valence-electron chi connectivity index (χ1n) is 10.7. The highest BCUT2D eigenvalue weighted by Gasteiger charge is 2.48. The Morgan fingerprint density at radius 3 is 2.31 bits per heavy atom. The second-order valence-corrected chi connectivity index (χ2v) is 8.55. The molecule has 1 N–H and O–H groups in total. The van der Waals surface area contributed by atoms with Gasteiger partial charge in [0.15, 0.2) is 0 Å². The summed E-state index contributed by atoms with van der Waals surface area (Å²) in [7, 11) is 3.01. The SMILES string of the molecule is COc1cc(C)c(/C(O)=C2\C(=O)C(=O)N(c3ccc(F)c(Cl)c3)C2c2ccccc2OC)cc1C. The van der Waals surface area contributed by atoms with E-state index in [1.807, 2.05) is 6.92 Å². The van der Waals surface area contributed by atoms with Crippen molar-refractivity contribution in [3.8, 4) is 11.5 Å². The largest absolute Gasteiger partial charge is 0.507 e. The van der Waals surface area contributed by atoms with Crippen molar-refractivity contribution < 1.29 is 28.6 Å². The summed E-state index contributed by atoms with van der Waals surface area (Å²) in [5.74, 6) is -1.73. The summed E-state index contributed by atoms with van der Waals surface area (Å²) in [4.78, 5) is 27.9. The van der Waals surface area contributed by atoms with Gasteiger partial charge in [0, 0.05) is 16.8 Å². The number of rotatable bonds is 5. The Hall–Kier alpha value is -3.84. The average molecular weight is 496 g/mol. The molecule has 1 heterocycles. The Balaban J connectivity index is 2.02. The topological polar surface area (TPSA) is 76.1 Å². The third-order valence-corrected chi connectivity index (χ3v) is 6.35.